The van der Waals surface area contributed by atoms with E-state index < -0.39 is 29.4 Å². The number of aryl methyl sites for hydroxylation is 1. The topological polar surface area (TPSA) is 78.4 Å². The second-order valence-electron chi connectivity index (χ2n) is 8.04. The fraction of sp³-hybridized carbons (Fsp3) is 0.250. The number of carbonyl (C=O) groups is 2. The van der Waals surface area contributed by atoms with Crippen molar-refractivity contribution in [3.63, 3.8) is 0 Å². The molecule has 3 aromatic rings. The molecule has 0 atom stereocenters. The molecule has 11 heteroatoms. The summed E-state index contributed by atoms with van der Waals surface area (Å²) in [6.45, 7) is 2.82. The average molecular weight is 487 g/mol. The summed E-state index contributed by atoms with van der Waals surface area (Å²) in [6, 6.07) is 12.1. The van der Waals surface area contributed by atoms with Gasteiger partial charge >= 0.3 is 6.18 Å². The molecule has 0 spiro atoms. The molecule has 7 nitrogen and oxygen atoms in total. The third-order valence-corrected chi connectivity index (χ3v) is 5.61. The predicted octanol–water partition coefficient (Wildman–Crippen LogP) is 4.16. The highest BCUT2D eigenvalue weighted by molar-refractivity contribution is 6.03. The molecule has 1 aliphatic rings. The van der Waals surface area contributed by atoms with Crippen LogP contribution >= 0.6 is 0 Å². The minimum Gasteiger partial charge on any atom is -0.352 e. The van der Waals surface area contributed by atoms with E-state index in [2.05, 4.69) is 15.5 Å². The third-order valence-electron chi connectivity index (χ3n) is 5.61. The molecule has 0 saturated carbocycles. The summed E-state index contributed by atoms with van der Waals surface area (Å²) in [7, 11) is 0. The molecular formula is C24H21F4N5O2. The number of aromatic nitrogens is 2. The highest BCUT2D eigenvalue weighted by Crippen LogP contribution is 2.32. The number of rotatable bonds is 4. The summed E-state index contributed by atoms with van der Waals surface area (Å²) in [5.74, 6) is -1.42. The summed E-state index contributed by atoms with van der Waals surface area (Å²) in [6.07, 6.45) is -4.62. The molecule has 1 saturated heterocycles. The second kappa shape index (κ2) is 9.69. The molecule has 4 rings (SSSR count). The number of amides is 2. The minimum atomic E-state index is -4.62. The van der Waals surface area contributed by atoms with Crippen molar-refractivity contribution < 1.29 is 27.2 Å². The zero-order valence-electron chi connectivity index (χ0n) is 18.6. The fourth-order valence-corrected chi connectivity index (χ4v) is 3.76. The van der Waals surface area contributed by atoms with Crippen LogP contribution in [0, 0.1) is 12.7 Å². The van der Waals surface area contributed by atoms with E-state index >= 15 is 0 Å². The lowest BCUT2D eigenvalue weighted by atomic mass is 10.1. The quantitative estimate of drug-likeness (QED) is 0.560. The van der Waals surface area contributed by atoms with E-state index in [0.29, 0.717) is 18.9 Å². The summed E-state index contributed by atoms with van der Waals surface area (Å²) in [5.41, 5.74) is -0.532. The van der Waals surface area contributed by atoms with Crippen molar-refractivity contribution in [2.24, 2.45) is 0 Å². The lowest BCUT2D eigenvalue weighted by molar-refractivity contribution is -0.138. The molecule has 2 aromatic carbocycles. The molecular weight excluding hydrogens is 466 g/mol. The van der Waals surface area contributed by atoms with Gasteiger partial charge in [-0.3, -0.25) is 9.59 Å². The minimum absolute atomic E-state index is 0.00720. The number of anilines is 2. The SMILES string of the molecule is Cc1ccc(F)c(NC(=O)c2ccc(N3CCN(C(=O)c4ccccc4C(F)(F)F)CC3)nn2)c1. The molecule has 0 aliphatic carbocycles. The number of hydrogen-bond acceptors (Lipinski definition) is 5. The number of piperazine rings is 1. The van der Waals surface area contributed by atoms with Crippen LogP contribution in [0.25, 0.3) is 0 Å². The van der Waals surface area contributed by atoms with Crippen LogP contribution in [-0.2, 0) is 6.18 Å². The summed E-state index contributed by atoms with van der Waals surface area (Å²) >= 11 is 0. The lowest BCUT2D eigenvalue weighted by Gasteiger charge is -2.35. The van der Waals surface area contributed by atoms with Crippen molar-refractivity contribution in [1.29, 1.82) is 0 Å². The molecule has 1 aliphatic heterocycles. The number of nitrogens with zero attached hydrogens (tertiary/aromatic N) is 4. The number of benzene rings is 2. The molecule has 1 N–H and O–H groups in total. The number of alkyl halides is 3. The molecule has 1 aromatic heterocycles. The van der Waals surface area contributed by atoms with Crippen LogP contribution in [-0.4, -0.2) is 53.1 Å². The van der Waals surface area contributed by atoms with Crippen LogP contribution in [0.15, 0.2) is 54.6 Å². The highest BCUT2D eigenvalue weighted by Gasteiger charge is 2.36. The van der Waals surface area contributed by atoms with Crippen LogP contribution in [0.2, 0.25) is 0 Å². The van der Waals surface area contributed by atoms with Crippen molar-refractivity contribution in [3.05, 3.63) is 82.8 Å². The van der Waals surface area contributed by atoms with Crippen LogP contribution < -0.4 is 10.2 Å². The Morgan fingerprint density at radius 1 is 0.943 bits per heavy atom. The molecule has 1 fully saturated rings. The van der Waals surface area contributed by atoms with Crippen molar-refractivity contribution in [3.8, 4) is 0 Å². The van der Waals surface area contributed by atoms with Gasteiger partial charge in [-0.15, -0.1) is 10.2 Å². The summed E-state index contributed by atoms with van der Waals surface area (Å²) in [4.78, 5) is 28.3. The first kappa shape index (κ1) is 24.1. The van der Waals surface area contributed by atoms with Gasteiger partial charge in [0.1, 0.15) is 5.82 Å². The predicted molar refractivity (Wildman–Crippen MR) is 121 cm³/mol. The normalized spacial score (nSPS) is 14.1. The molecule has 0 unspecified atom stereocenters. The van der Waals surface area contributed by atoms with E-state index in [4.69, 9.17) is 0 Å². The first-order valence-corrected chi connectivity index (χ1v) is 10.7. The molecule has 2 heterocycles. The smallest absolute Gasteiger partial charge is 0.352 e. The zero-order valence-corrected chi connectivity index (χ0v) is 18.6. The van der Waals surface area contributed by atoms with Crippen molar-refractivity contribution in [1.82, 2.24) is 15.1 Å². The molecule has 0 bridgehead atoms. The van der Waals surface area contributed by atoms with Gasteiger partial charge in [-0.1, -0.05) is 18.2 Å². The van der Waals surface area contributed by atoms with E-state index in [1.165, 1.54) is 41.3 Å². The van der Waals surface area contributed by atoms with Crippen molar-refractivity contribution in [2.75, 3.05) is 36.4 Å². The van der Waals surface area contributed by atoms with Gasteiger partial charge in [-0.05, 0) is 48.9 Å². The summed E-state index contributed by atoms with van der Waals surface area (Å²) < 4.78 is 53.7. The Morgan fingerprint density at radius 2 is 1.66 bits per heavy atom. The van der Waals surface area contributed by atoms with E-state index in [-0.39, 0.29) is 30.0 Å². The van der Waals surface area contributed by atoms with Gasteiger partial charge < -0.3 is 15.1 Å². The molecule has 2 amide bonds. The largest absolute Gasteiger partial charge is 0.417 e. The Bertz CT molecular complexity index is 1240. The highest BCUT2D eigenvalue weighted by atomic mass is 19.4. The Balaban J connectivity index is 1.38. The first-order valence-electron chi connectivity index (χ1n) is 10.7. The third kappa shape index (κ3) is 5.39. The standard InChI is InChI=1S/C24H21F4N5O2/c1-15-6-7-18(25)20(14-15)29-22(34)19-8-9-21(31-30-19)32-10-12-33(13-11-32)23(35)16-4-2-3-5-17(16)24(26,27)28/h2-9,14H,10-13H2,1H3,(H,29,34). The van der Waals surface area contributed by atoms with Crippen molar-refractivity contribution in [2.45, 2.75) is 13.1 Å². The van der Waals surface area contributed by atoms with Crippen molar-refractivity contribution >= 4 is 23.3 Å². The van der Waals surface area contributed by atoms with Gasteiger partial charge in [0.15, 0.2) is 11.5 Å². The lowest BCUT2D eigenvalue weighted by Crippen LogP contribution is -2.49. The van der Waals surface area contributed by atoms with Crippen LogP contribution in [0.3, 0.4) is 0 Å². The van der Waals surface area contributed by atoms with E-state index in [1.54, 1.807) is 19.1 Å². The van der Waals surface area contributed by atoms with Crippen LogP contribution in [0.1, 0.15) is 32.0 Å². The van der Waals surface area contributed by atoms with Crippen LogP contribution in [0.5, 0.6) is 0 Å². The van der Waals surface area contributed by atoms with Gasteiger partial charge in [0, 0.05) is 26.2 Å². The maximum atomic E-state index is 13.9. The van der Waals surface area contributed by atoms with Gasteiger partial charge in [0.25, 0.3) is 11.8 Å². The van der Waals surface area contributed by atoms with E-state index in [9.17, 15) is 27.2 Å². The Hall–Kier alpha value is -4.02. The number of nitrogens with one attached hydrogen (secondary N) is 1. The first-order chi connectivity index (χ1) is 16.6. The van der Waals surface area contributed by atoms with Gasteiger partial charge in [0.2, 0.25) is 0 Å². The van der Waals surface area contributed by atoms with Gasteiger partial charge in [-0.25, -0.2) is 4.39 Å². The van der Waals surface area contributed by atoms with E-state index in [1.807, 2.05) is 4.90 Å². The number of hydrogen-bond donors (Lipinski definition) is 1. The Morgan fingerprint density at radius 3 is 2.31 bits per heavy atom. The van der Waals surface area contributed by atoms with Gasteiger partial charge in [0.05, 0.1) is 16.8 Å². The Labute approximate surface area is 198 Å². The average Bonchev–Trinajstić information content (AvgIpc) is 2.85. The summed E-state index contributed by atoms with van der Waals surface area (Å²) in [5, 5.41) is 10.4. The zero-order chi connectivity index (χ0) is 25.2. The fourth-order valence-electron chi connectivity index (χ4n) is 3.76. The molecule has 0 radical (unpaired) electrons. The van der Waals surface area contributed by atoms with Crippen LogP contribution in [0.4, 0.5) is 29.1 Å². The number of halogens is 4. The van der Waals surface area contributed by atoms with Gasteiger partial charge in [-0.2, -0.15) is 13.2 Å². The van der Waals surface area contributed by atoms with E-state index in [0.717, 1.165) is 11.6 Å². The molecule has 182 valence electrons. The number of carbonyl (C=O) groups excluding carboxylic acids is 2. The molecule has 35 heavy (non-hydrogen) atoms. The Kier molecular flexibility index (Phi) is 6.68. The maximum absolute atomic E-state index is 13.9. The second-order valence-corrected chi connectivity index (χ2v) is 8.04. The monoisotopic (exact) mass is 487 g/mol. The maximum Gasteiger partial charge on any atom is 0.417 e.